The van der Waals surface area contributed by atoms with Crippen molar-refractivity contribution in [2.45, 2.75) is 25.7 Å². The first-order valence-electron chi connectivity index (χ1n) is 6.96. The van der Waals surface area contributed by atoms with Crippen LogP contribution in [0, 0.1) is 30.9 Å². The van der Waals surface area contributed by atoms with Gasteiger partial charge >= 0.3 is 0 Å². The molecule has 6 nitrogen and oxygen atoms in total. The average Bonchev–Trinajstić information content (AvgIpc) is 2.49. The zero-order valence-electron chi connectivity index (χ0n) is 13.4. The SMILES string of the molecule is Cc1ccc([N+](=O)[O-])cc1S(=O)(=O)N(C)c1cccc(C)c1C. The second-order valence-corrected chi connectivity index (χ2v) is 7.34. The summed E-state index contributed by atoms with van der Waals surface area (Å²) in [6.45, 7) is 5.36. The van der Waals surface area contributed by atoms with Gasteiger partial charge in [-0.15, -0.1) is 0 Å². The Morgan fingerprint density at radius 2 is 1.70 bits per heavy atom. The first kappa shape index (κ1) is 17.0. The summed E-state index contributed by atoms with van der Waals surface area (Å²) in [5.41, 5.74) is 2.59. The maximum absolute atomic E-state index is 12.9. The summed E-state index contributed by atoms with van der Waals surface area (Å²) in [7, 11) is -2.44. The fraction of sp³-hybridized carbons (Fsp3) is 0.250. The quantitative estimate of drug-likeness (QED) is 0.634. The summed E-state index contributed by atoms with van der Waals surface area (Å²) in [5, 5.41) is 10.9. The van der Waals surface area contributed by atoms with E-state index in [4.69, 9.17) is 0 Å². The molecule has 2 rings (SSSR count). The Kier molecular flexibility index (Phi) is 4.42. The molecule has 23 heavy (non-hydrogen) atoms. The molecule has 0 aliphatic rings. The third kappa shape index (κ3) is 3.05. The Morgan fingerprint density at radius 1 is 1.04 bits per heavy atom. The van der Waals surface area contributed by atoms with Crippen molar-refractivity contribution in [1.82, 2.24) is 0 Å². The lowest BCUT2D eigenvalue weighted by atomic mass is 10.1. The molecular weight excluding hydrogens is 316 g/mol. The largest absolute Gasteiger partial charge is 0.270 e. The predicted molar refractivity (Wildman–Crippen MR) is 89.3 cm³/mol. The fourth-order valence-corrected chi connectivity index (χ4v) is 3.83. The first-order valence-corrected chi connectivity index (χ1v) is 8.40. The smallest absolute Gasteiger partial charge is 0.269 e. The molecule has 0 saturated heterocycles. The number of anilines is 1. The van der Waals surface area contributed by atoms with Crippen molar-refractivity contribution >= 4 is 21.4 Å². The summed E-state index contributed by atoms with van der Waals surface area (Å²) in [4.78, 5) is 10.3. The normalized spacial score (nSPS) is 11.3. The van der Waals surface area contributed by atoms with Crippen LogP contribution < -0.4 is 4.31 Å². The third-order valence-electron chi connectivity index (χ3n) is 3.94. The summed E-state index contributed by atoms with van der Waals surface area (Å²) < 4.78 is 27.0. The van der Waals surface area contributed by atoms with Crippen LogP contribution in [0.2, 0.25) is 0 Å². The van der Waals surface area contributed by atoms with Crippen molar-refractivity contribution in [3.8, 4) is 0 Å². The number of nitrogens with zero attached hydrogens (tertiary/aromatic N) is 2. The maximum atomic E-state index is 12.9. The van der Waals surface area contributed by atoms with E-state index >= 15 is 0 Å². The molecule has 2 aromatic rings. The van der Waals surface area contributed by atoms with Crippen LogP contribution in [-0.2, 0) is 10.0 Å². The average molecular weight is 334 g/mol. The lowest BCUT2D eigenvalue weighted by Gasteiger charge is -2.23. The zero-order chi connectivity index (χ0) is 17.4. The Labute approximate surface area is 135 Å². The van der Waals surface area contributed by atoms with Gasteiger partial charge in [0.05, 0.1) is 15.5 Å². The number of aryl methyl sites for hydroxylation is 2. The van der Waals surface area contributed by atoms with Crippen molar-refractivity contribution in [2.24, 2.45) is 0 Å². The fourth-order valence-electron chi connectivity index (χ4n) is 2.33. The van der Waals surface area contributed by atoms with Crippen molar-refractivity contribution < 1.29 is 13.3 Å². The molecule has 0 unspecified atom stereocenters. The highest BCUT2D eigenvalue weighted by molar-refractivity contribution is 7.92. The highest BCUT2D eigenvalue weighted by Crippen LogP contribution is 2.30. The molecule has 0 bridgehead atoms. The van der Waals surface area contributed by atoms with Crippen molar-refractivity contribution in [3.05, 3.63) is 63.2 Å². The molecule has 0 aliphatic heterocycles. The van der Waals surface area contributed by atoms with Gasteiger partial charge in [0.2, 0.25) is 0 Å². The van der Waals surface area contributed by atoms with Gasteiger partial charge in [-0.1, -0.05) is 18.2 Å². The van der Waals surface area contributed by atoms with E-state index in [0.717, 1.165) is 17.2 Å². The van der Waals surface area contributed by atoms with Crippen LogP contribution in [0.5, 0.6) is 0 Å². The summed E-state index contributed by atoms with van der Waals surface area (Å²) >= 11 is 0. The lowest BCUT2D eigenvalue weighted by Crippen LogP contribution is -2.28. The number of rotatable bonds is 4. The molecule has 0 fully saturated rings. The van der Waals surface area contributed by atoms with Gasteiger partial charge in [-0.2, -0.15) is 0 Å². The van der Waals surface area contributed by atoms with E-state index in [1.807, 2.05) is 19.9 Å². The van der Waals surface area contributed by atoms with E-state index in [1.165, 1.54) is 23.5 Å². The number of non-ortho nitro benzene ring substituents is 1. The molecule has 0 amide bonds. The molecule has 0 radical (unpaired) electrons. The number of nitro benzene ring substituents is 1. The summed E-state index contributed by atoms with van der Waals surface area (Å²) in [6, 6.07) is 9.25. The highest BCUT2D eigenvalue weighted by atomic mass is 32.2. The monoisotopic (exact) mass is 334 g/mol. The zero-order valence-corrected chi connectivity index (χ0v) is 14.2. The maximum Gasteiger partial charge on any atom is 0.270 e. The number of hydrogen-bond acceptors (Lipinski definition) is 4. The number of hydrogen-bond donors (Lipinski definition) is 0. The molecule has 0 spiro atoms. The van der Waals surface area contributed by atoms with Crippen LogP contribution in [0.4, 0.5) is 11.4 Å². The Bertz CT molecular complexity index is 876. The van der Waals surface area contributed by atoms with Crippen LogP contribution in [0.3, 0.4) is 0 Å². The Hall–Kier alpha value is -2.41. The van der Waals surface area contributed by atoms with Crippen molar-refractivity contribution in [1.29, 1.82) is 0 Å². The van der Waals surface area contributed by atoms with Gasteiger partial charge in [0.15, 0.2) is 0 Å². The minimum Gasteiger partial charge on any atom is -0.269 e. The van der Waals surface area contributed by atoms with Gasteiger partial charge in [0, 0.05) is 19.2 Å². The molecule has 0 aliphatic carbocycles. The molecule has 0 N–H and O–H groups in total. The van der Waals surface area contributed by atoms with E-state index in [2.05, 4.69) is 0 Å². The van der Waals surface area contributed by atoms with E-state index in [9.17, 15) is 18.5 Å². The van der Waals surface area contributed by atoms with Gasteiger partial charge < -0.3 is 0 Å². The van der Waals surface area contributed by atoms with Crippen LogP contribution >= 0.6 is 0 Å². The third-order valence-corrected chi connectivity index (χ3v) is 5.85. The number of sulfonamides is 1. The van der Waals surface area contributed by atoms with Gasteiger partial charge in [-0.3, -0.25) is 14.4 Å². The van der Waals surface area contributed by atoms with E-state index in [1.54, 1.807) is 19.1 Å². The van der Waals surface area contributed by atoms with Gasteiger partial charge in [-0.25, -0.2) is 8.42 Å². The summed E-state index contributed by atoms with van der Waals surface area (Å²) in [6.07, 6.45) is 0. The van der Waals surface area contributed by atoms with E-state index < -0.39 is 14.9 Å². The highest BCUT2D eigenvalue weighted by Gasteiger charge is 2.26. The van der Waals surface area contributed by atoms with Crippen LogP contribution in [0.15, 0.2) is 41.3 Å². The van der Waals surface area contributed by atoms with Gasteiger partial charge in [0.25, 0.3) is 15.7 Å². The summed E-state index contributed by atoms with van der Waals surface area (Å²) in [5.74, 6) is 0. The minimum atomic E-state index is -3.89. The predicted octanol–water partition coefficient (Wildman–Crippen LogP) is 3.35. The topological polar surface area (TPSA) is 80.5 Å². The molecule has 0 atom stereocenters. The first-order chi connectivity index (χ1) is 10.7. The minimum absolute atomic E-state index is 0.0601. The second kappa shape index (κ2) is 6.00. The standard InChI is InChI=1S/C16H18N2O4S/c1-11-6-5-7-15(13(11)3)17(4)23(21,22)16-10-14(18(19)20)9-8-12(16)2/h5-10H,1-4H3. The molecule has 7 heteroatoms. The van der Waals surface area contributed by atoms with Crippen LogP contribution in [-0.4, -0.2) is 20.4 Å². The molecule has 122 valence electrons. The van der Waals surface area contributed by atoms with Gasteiger partial charge in [0.1, 0.15) is 0 Å². The van der Waals surface area contributed by atoms with Crippen molar-refractivity contribution in [2.75, 3.05) is 11.4 Å². The molecule has 0 heterocycles. The Morgan fingerprint density at radius 3 is 2.30 bits per heavy atom. The van der Waals surface area contributed by atoms with Crippen LogP contribution in [0.1, 0.15) is 16.7 Å². The van der Waals surface area contributed by atoms with Crippen molar-refractivity contribution in [3.63, 3.8) is 0 Å². The van der Waals surface area contributed by atoms with Gasteiger partial charge in [-0.05, 0) is 43.5 Å². The number of nitro groups is 1. The van der Waals surface area contributed by atoms with Crippen LogP contribution in [0.25, 0.3) is 0 Å². The molecule has 2 aromatic carbocycles. The Balaban J connectivity index is 2.60. The molecule has 0 aromatic heterocycles. The second-order valence-electron chi connectivity index (χ2n) is 5.40. The van der Waals surface area contributed by atoms with E-state index in [-0.39, 0.29) is 10.6 Å². The number of benzene rings is 2. The van der Waals surface area contributed by atoms with E-state index in [0.29, 0.717) is 11.3 Å². The molecular formula is C16H18N2O4S. The lowest BCUT2D eigenvalue weighted by molar-refractivity contribution is -0.385. The molecule has 0 saturated carbocycles.